The molecule has 0 heterocycles. The summed E-state index contributed by atoms with van der Waals surface area (Å²) < 4.78 is 0. The standard InChI is InChI=1S/C10H15N3O.C2H4O2/c11-9(12)13-8-3-1-2-6-10(8,14)7-4-5-7;1-2(3)4/h1-3,6-8,14H,4-5H2,(H4,11,12,13);1H3,(H,3,4). The van der Waals surface area contributed by atoms with E-state index in [0.717, 1.165) is 19.8 Å². The summed E-state index contributed by atoms with van der Waals surface area (Å²) in [7, 11) is 0. The van der Waals surface area contributed by atoms with E-state index in [1.54, 1.807) is 6.08 Å². The van der Waals surface area contributed by atoms with Gasteiger partial charge in [0.1, 0.15) is 11.6 Å². The average molecular weight is 253 g/mol. The van der Waals surface area contributed by atoms with Crippen LogP contribution in [0.5, 0.6) is 0 Å². The second-order valence-corrected chi connectivity index (χ2v) is 4.42. The third kappa shape index (κ3) is 3.89. The highest BCUT2D eigenvalue weighted by Crippen LogP contribution is 2.44. The molecular formula is C12H19N3O3. The van der Waals surface area contributed by atoms with Gasteiger partial charge in [0.25, 0.3) is 5.97 Å². The zero-order valence-electron chi connectivity index (χ0n) is 10.3. The van der Waals surface area contributed by atoms with Crippen molar-refractivity contribution in [3.05, 3.63) is 24.3 Å². The second-order valence-electron chi connectivity index (χ2n) is 4.42. The molecule has 2 rings (SSSR count). The van der Waals surface area contributed by atoms with Crippen LogP contribution in [0.4, 0.5) is 0 Å². The second kappa shape index (κ2) is 5.68. The molecule has 0 saturated heterocycles. The van der Waals surface area contributed by atoms with Gasteiger partial charge in [-0.1, -0.05) is 24.3 Å². The lowest BCUT2D eigenvalue weighted by molar-refractivity contribution is -0.134. The number of guanidine groups is 1. The lowest BCUT2D eigenvalue weighted by Crippen LogP contribution is -2.43. The van der Waals surface area contributed by atoms with Crippen LogP contribution in [0.3, 0.4) is 0 Å². The molecule has 0 radical (unpaired) electrons. The molecule has 2 atom stereocenters. The van der Waals surface area contributed by atoms with E-state index in [2.05, 4.69) is 4.99 Å². The largest absolute Gasteiger partial charge is 0.481 e. The Bertz CT molecular complexity index is 391. The third-order valence-corrected chi connectivity index (χ3v) is 2.76. The first-order chi connectivity index (χ1) is 8.36. The van der Waals surface area contributed by atoms with Crippen molar-refractivity contribution in [1.29, 1.82) is 0 Å². The van der Waals surface area contributed by atoms with Crippen molar-refractivity contribution in [2.45, 2.75) is 31.4 Å². The molecule has 0 aromatic rings. The van der Waals surface area contributed by atoms with Crippen LogP contribution in [0.25, 0.3) is 0 Å². The van der Waals surface area contributed by atoms with E-state index in [9.17, 15) is 5.11 Å². The van der Waals surface area contributed by atoms with E-state index in [0.29, 0.717) is 5.92 Å². The Labute approximate surface area is 106 Å². The van der Waals surface area contributed by atoms with Gasteiger partial charge in [-0.15, -0.1) is 0 Å². The van der Waals surface area contributed by atoms with Crippen LogP contribution in [-0.2, 0) is 4.79 Å². The molecule has 2 unspecified atom stereocenters. The fourth-order valence-electron chi connectivity index (χ4n) is 1.86. The highest BCUT2D eigenvalue weighted by atomic mass is 16.4. The topological polar surface area (TPSA) is 122 Å². The summed E-state index contributed by atoms with van der Waals surface area (Å²) in [6, 6.07) is -0.329. The molecule has 0 spiro atoms. The fourth-order valence-corrected chi connectivity index (χ4v) is 1.86. The summed E-state index contributed by atoms with van der Waals surface area (Å²) >= 11 is 0. The summed E-state index contributed by atoms with van der Waals surface area (Å²) in [6.45, 7) is 1.08. The third-order valence-electron chi connectivity index (χ3n) is 2.76. The van der Waals surface area contributed by atoms with E-state index in [-0.39, 0.29) is 12.0 Å². The van der Waals surface area contributed by atoms with Gasteiger partial charge < -0.3 is 21.7 Å². The summed E-state index contributed by atoms with van der Waals surface area (Å²) in [6.07, 6.45) is 9.42. The number of carbonyl (C=O) groups is 1. The van der Waals surface area contributed by atoms with Crippen LogP contribution >= 0.6 is 0 Å². The molecule has 0 bridgehead atoms. The first kappa shape index (κ1) is 14.2. The SMILES string of the molecule is CC(=O)O.NC(N)=NC1C=CC=CC1(O)C1CC1. The van der Waals surface area contributed by atoms with E-state index in [4.69, 9.17) is 21.4 Å². The quantitative estimate of drug-likeness (QED) is 0.407. The number of aliphatic hydroxyl groups is 1. The number of carboxylic acid groups (broad SMARTS) is 1. The lowest BCUT2D eigenvalue weighted by atomic mass is 9.86. The Hall–Kier alpha value is -1.82. The van der Waals surface area contributed by atoms with Crippen LogP contribution in [0.15, 0.2) is 29.3 Å². The number of hydrogen-bond donors (Lipinski definition) is 4. The van der Waals surface area contributed by atoms with Crippen molar-refractivity contribution in [2.75, 3.05) is 0 Å². The van der Waals surface area contributed by atoms with Crippen molar-refractivity contribution < 1.29 is 15.0 Å². The molecule has 6 N–H and O–H groups in total. The number of aliphatic carboxylic acids is 1. The van der Waals surface area contributed by atoms with Crippen LogP contribution in [0.2, 0.25) is 0 Å². The van der Waals surface area contributed by atoms with Crippen LogP contribution in [0, 0.1) is 5.92 Å². The smallest absolute Gasteiger partial charge is 0.300 e. The lowest BCUT2D eigenvalue weighted by Gasteiger charge is -2.31. The maximum Gasteiger partial charge on any atom is 0.300 e. The maximum absolute atomic E-state index is 10.4. The van der Waals surface area contributed by atoms with Crippen LogP contribution in [-0.4, -0.2) is 33.8 Å². The maximum atomic E-state index is 10.4. The predicted molar refractivity (Wildman–Crippen MR) is 68.9 cm³/mol. The Balaban J connectivity index is 0.000000357. The van der Waals surface area contributed by atoms with Gasteiger partial charge in [0, 0.05) is 6.92 Å². The van der Waals surface area contributed by atoms with Gasteiger partial charge in [-0.2, -0.15) is 0 Å². The molecule has 0 aromatic heterocycles. The number of aliphatic imine (C=N–C) groups is 1. The number of nitrogens with two attached hydrogens (primary N) is 2. The highest BCUT2D eigenvalue weighted by Gasteiger charge is 2.47. The average Bonchev–Trinajstić information content (AvgIpc) is 3.03. The molecule has 100 valence electrons. The minimum absolute atomic E-state index is 0.0222. The first-order valence-electron chi connectivity index (χ1n) is 5.73. The monoisotopic (exact) mass is 253 g/mol. The molecule has 0 aliphatic heterocycles. The molecule has 0 aromatic carbocycles. The minimum Gasteiger partial charge on any atom is -0.481 e. The van der Waals surface area contributed by atoms with Crippen molar-refractivity contribution in [1.82, 2.24) is 0 Å². The van der Waals surface area contributed by atoms with Crippen LogP contribution in [0.1, 0.15) is 19.8 Å². The molecule has 18 heavy (non-hydrogen) atoms. The summed E-state index contributed by atoms with van der Waals surface area (Å²) in [5.74, 6) is -0.508. The minimum atomic E-state index is -0.876. The molecular weight excluding hydrogens is 234 g/mol. The van der Waals surface area contributed by atoms with Crippen molar-refractivity contribution in [2.24, 2.45) is 22.4 Å². The van der Waals surface area contributed by atoms with Gasteiger partial charge in [0.15, 0.2) is 5.96 Å². The number of allylic oxidation sites excluding steroid dienone is 2. The molecule has 2 aliphatic rings. The molecule has 2 aliphatic carbocycles. The van der Waals surface area contributed by atoms with Gasteiger partial charge in [0.2, 0.25) is 0 Å². The number of carboxylic acids is 1. The zero-order chi connectivity index (χ0) is 13.8. The summed E-state index contributed by atoms with van der Waals surface area (Å²) in [5.41, 5.74) is 9.77. The van der Waals surface area contributed by atoms with E-state index in [1.165, 1.54) is 0 Å². The Kier molecular flexibility index (Phi) is 4.49. The number of rotatable bonds is 2. The van der Waals surface area contributed by atoms with Gasteiger partial charge in [-0.05, 0) is 18.8 Å². The van der Waals surface area contributed by atoms with Crippen molar-refractivity contribution in [3.8, 4) is 0 Å². The first-order valence-corrected chi connectivity index (χ1v) is 5.73. The molecule has 0 amide bonds. The fraction of sp³-hybridized carbons (Fsp3) is 0.500. The van der Waals surface area contributed by atoms with Crippen molar-refractivity contribution in [3.63, 3.8) is 0 Å². The molecule has 6 heteroatoms. The Morgan fingerprint density at radius 3 is 2.39 bits per heavy atom. The highest BCUT2D eigenvalue weighted by molar-refractivity contribution is 5.76. The van der Waals surface area contributed by atoms with E-state index in [1.807, 2.05) is 18.2 Å². The Morgan fingerprint density at radius 2 is 1.94 bits per heavy atom. The molecule has 6 nitrogen and oxygen atoms in total. The number of hydrogen-bond acceptors (Lipinski definition) is 3. The molecule has 1 saturated carbocycles. The van der Waals surface area contributed by atoms with Gasteiger partial charge in [-0.3, -0.25) is 4.79 Å². The summed E-state index contributed by atoms with van der Waals surface area (Å²) in [5, 5.41) is 17.8. The Morgan fingerprint density at radius 1 is 1.39 bits per heavy atom. The summed E-state index contributed by atoms with van der Waals surface area (Å²) in [4.78, 5) is 13.0. The van der Waals surface area contributed by atoms with Gasteiger partial charge in [-0.25, -0.2) is 4.99 Å². The van der Waals surface area contributed by atoms with Gasteiger partial charge in [0.05, 0.1) is 0 Å². The number of nitrogens with zero attached hydrogens (tertiary/aromatic N) is 1. The van der Waals surface area contributed by atoms with Crippen molar-refractivity contribution >= 4 is 11.9 Å². The van der Waals surface area contributed by atoms with E-state index >= 15 is 0 Å². The van der Waals surface area contributed by atoms with Crippen LogP contribution < -0.4 is 11.5 Å². The predicted octanol–water partition coefficient (Wildman–Crippen LogP) is -0.0136. The zero-order valence-corrected chi connectivity index (χ0v) is 10.3. The van der Waals surface area contributed by atoms with E-state index < -0.39 is 11.6 Å². The normalized spacial score (nSPS) is 29.1. The molecule has 1 fully saturated rings. The van der Waals surface area contributed by atoms with Gasteiger partial charge >= 0.3 is 0 Å².